The van der Waals surface area contributed by atoms with E-state index in [0.717, 1.165) is 17.8 Å². The van der Waals surface area contributed by atoms with Gasteiger partial charge >= 0.3 is 0 Å². The average Bonchev–Trinajstić information content (AvgIpc) is 3.24. The summed E-state index contributed by atoms with van der Waals surface area (Å²) in [5, 5.41) is 0. The molecule has 0 heterocycles. The lowest BCUT2D eigenvalue weighted by Crippen LogP contribution is -2.22. The minimum Gasteiger partial charge on any atom is -0.0623 e. The predicted molar refractivity (Wildman–Crippen MR) is 101 cm³/mol. The summed E-state index contributed by atoms with van der Waals surface area (Å²) >= 11 is 0. The van der Waals surface area contributed by atoms with Crippen LogP contribution in [0.25, 0.3) is 0 Å². The molecule has 0 saturated heterocycles. The van der Waals surface area contributed by atoms with Crippen LogP contribution in [0.1, 0.15) is 51.4 Å². The smallest absolute Gasteiger partial charge is 0.0105 e. The van der Waals surface area contributed by atoms with Crippen molar-refractivity contribution in [1.82, 2.24) is 0 Å². The molecule has 3 rings (SSSR count). The van der Waals surface area contributed by atoms with Crippen molar-refractivity contribution in [3.63, 3.8) is 0 Å². The van der Waals surface area contributed by atoms with Gasteiger partial charge in [0.05, 0.1) is 0 Å². The minimum atomic E-state index is 0.775. The summed E-state index contributed by atoms with van der Waals surface area (Å²) in [5.74, 6) is 2.60. The van der Waals surface area contributed by atoms with Crippen molar-refractivity contribution < 1.29 is 0 Å². The van der Waals surface area contributed by atoms with Crippen molar-refractivity contribution in [3.05, 3.63) is 72.4 Å². The second-order valence-corrected chi connectivity index (χ2v) is 7.18. The van der Waals surface area contributed by atoms with Crippen LogP contribution in [0.5, 0.6) is 0 Å². The Morgan fingerprint density at radius 1 is 0.565 bits per heavy atom. The van der Waals surface area contributed by atoms with Crippen LogP contribution in [0.2, 0.25) is 0 Å². The van der Waals surface area contributed by atoms with Gasteiger partial charge in [-0.25, -0.2) is 0 Å². The first kappa shape index (κ1) is 16.3. The highest BCUT2D eigenvalue weighted by molar-refractivity contribution is 5.32. The molecule has 0 aromatic carbocycles. The number of hydrogen-bond donors (Lipinski definition) is 0. The number of allylic oxidation sites excluding steroid dienone is 12. The second kappa shape index (κ2) is 8.91. The van der Waals surface area contributed by atoms with Gasteiger partial charge in [-0.15, -0.1) is 0 Å². The van der Waals surface area contributed by atoms with Gasteiger partial charge in [-0.2, -0.15) is 0 Å². The molecule has 3 aliphatic rings. The van der Waals surface area contributed by atoms with E-state index >= 15 is 0 Å². The maximum Gasteiger partial charge on any atom is -0.0105 e. The highest BCUT2D eigenvalue weighted by Gasteiger charge is 2.34. The first-order chi connectivity index (χ1) is 11.4. The van der Waals surface area contributed by atoms with Gasteiger partial charge in [-0.3, -0.25) is 0 Å². The van der Waals surface area contributed by atoms with Crippen molar-refractivity contribution >= 4 is 0 Å². The zero-order valence-electron chi connectivity index (χ0n) is 14.2. The van der Waals surface area contributed by atoms with Crippen molar-refractivity contribution in [2.24, 2.45) is 17.8 Å². The van der Waals surface area contributed by atoms with Gasteiger partial charge in [-0.1, -0.05) is 92.5 Å². The predicted octanol–water partition coefficient (Wildman–Crippen LogP) is 6.70. The van der Waals surface area contributed by atoms with E-state index in [2.05, 4.69) is 66.8 Å². The van der Waals surface area contributed by atoms with Gasteiger partial charge in [-0.05, 0) is 49.0 Å². The summed E-state index contributed by atoms with van der Waals surface area (Å²) in [6, 6.07) is 0. The molecule has 0 spiro atoms. The van der Waals surface area contributed by atoms with Gasteiger partial charge in [0.2, 0.25) is 0 Å². The van der Waals surface area contributed by atoms with E-state index < -0.39 is 0 Å². The molecule has 0 bridgehead atoms. The van der Waals surface area contributed by atoms with Gasteiger partial charge in [0.1, 0.15) is 0 Å². The van der Waals surface area contributed by atoms with Crippen molar-refractivity contribution in [3.8, 4) is 0 Å². The lowest BCUT2D eigenvalue weighted by atomic mass is 9.74. The molecule has 0 nitrogen and oxygen atoms in total. The lowest BCUT2D eigenvalue weighted by molar-refractivity contribution is 0.276. The fourth-order valence-electron chi connectivity index (χ4n) is 4.62. The maximum atomic E-state index is 2.38. The Hall–Kier alpha value is -1.56. The van der Waals surface area contributed by atoms with Crippen molar-refractivity contribution in [2.75, 3.05) is 0 Å². The molecule has 2 saturated carbocycles. The largest absolute Gasteiger partial charge is 0.0623 e. The monoisotopic (exact) mass is 306 g/mol. The molecule has 122 valence electrons. The van der Waals surface area contributed by atoms with E-state index in [4.69, 9.17) is 0 Å². The van der Waals surface area contributed by atoms with Gasteiger partial charge in [0, 0.05) is 0 Å². The van der Waals surface area contributed by atoms with E-state index in [1.54, 1.807) is 5.57 Å². The molecule has 23 heavy (non-hydrogen) atoms. The van der Waals surface area contributed by atoms with Crippen LogP contribution in [0.4, 0.5) is 0 Å². The Balaban J connectivity index is 1.87. The second-order valence-electron chi connectivity index (χ2n) is 7.18. The van der Waals surface area contributed by atoms with Crippen LogP contribution >= 0.6 is 0 Å². The molecule has 2 fully saturated rings. The summed E-state index contributed by atoms with van der Waals surface area (Å²) in [7, 11) is 0. The summed E-state index contributed by atoms with van der Waals surface area (Å²) in [4.78, 5) is 0. The Labute approximate surface area is 142 Å². The van der Waals surface area contributed by atoms with E-state index in [9.17, 15) is 0 Å². The van der Waals surface area contributed by atoms with Crippen LogP contribution in [0, 0.1) is 17.8 Å². The van der Waals surface area contributed by atoms with Gasteiger partial charge in [0.25, 0.3) is 0 Å². The molecule has 0 N–H and O–H groups in total. The third kappa shape index (κ3) is 4.70. The van der Waals surface area contributed by atoms with Crippen molar-refractivity contribution in [1.29, 1.82) is 0 Å². The molecule has 0 heteroatoms. The molecule has 0 radical (unpaired) electrons. The molecule has 0 aliphatic heterocycles. The Kier molecular flexibility index (Phi) is 6.32. The van der Waals surface area contributed by atoms with E-state index in [1.165, 1.54) is 51.4 Å². The first-order valence-electron chi connectivity index (χ1n) is 9.50. The van der Waals surface area contributed by atoms with E-state index in [1.807, 2.05) is 0 Å². The summed E-state index contributed by atoms with van der Waals surface area (Å²) in [5.41, 5.74) is 1.56. The SMILES string of the molecule is C1=C\C=C/C=C\C(C(C2CCCC2)C2CCCC2)=C/C=C\C=C/1. The fourth-order valence-corrected chi connectivity index (χ4v) is 4.62. The van der Waals surface area contributed by atoms with Gasteiger partial charge in [0.15, 0.2) is 0 Å². The maximum absolute atomic E-state index is 2.38. The first-order valence-corrected chi connectivity index (χ1v) is 9.50. The Morgan fingerprint density at radius 3 is 1.52 bits per heavy atom. The average molecular weight is 306 g/mol. The molecule has 3 aliphatic carbocycles. The van der Waals surface area contributed by atoms with Gasteiger partial charge < -0.3 is 0 Å². The third-order valence-electron chi connectivity index (χ3n) is 5.67. The topological polar surface area (TPSA) is 0 Å². The summed E-state index contributed by atoms with van der Waals surface area (Å²) < 4.78 is 0. The molecule has 0 atom stereocenters. The molecule has 0 aromatic rings. The molecular formula is C23H30. The Bertz CT molecular complexity index is 510. The number of rotatable bonds is 3. The minimum absolute atomic E-state index is 0.775. The molecule has 0 amide bonds. The van der Waals surface area contributed by atoms with Crippen molar-refractivity contribution in [2.45, 2.75) is 51.4 Å². The zero-order chi connectivity index (χ0) is 15.7. The van der Waals surface area contributed by atoms with E-state index in [-0.39, 0.29) is 0 Å². The Morgan fingerprint density at radius 2 is 1.00 bits per heavy atom. The molecule has 0 unspecified atom stereocenters. The van der Waals surface area contributed by atoms with Crippen LogP contribution in [0.3, 0.4) is 0 Å². The highest BCUT2D eigenvalue weighted by Crippen LogP contribution is 2.45. The standard InChI is InChI=1S/C23H30/c1-2-4-6-8-14-20(15-9-7-5-3-1)23(21-16-10-11-17-21)22-18-12-13-19-22/h1-9,14-15,21-23H,10-13,16-19H2/b2-1-,3-1?,4-2?,5-3-,6-4-,7-5?,8-6?,9-7-,14-8-,15-9?,20-14?,20-15+. The van der Waals surface area contributed by atoms with Crippen LogP contribution in [-0.2, 0) is 0 Å². The normalized spacial score (nSPS) is 32.7. The number of hydrogen-bond acceptors (Lipinski definition) is 0. The lowest BCUT2D eigenvalue weighted by Gasteiger charge is -2.30. The molecule has 0 aromatic heterocycles. The van der Waals surface area contributed by atoms with Crippen LogP contribution in [0.15, 0.2) is 72.4 Å². The van der Waals surface area contributed by atoms with Crippen LogP contribution < -0.4 is 0 Å². The van der Waals surface area contributed by atoms with E-state index in [0.29, 0.717) is 0 Å². The summed E-state index contributed by atoms with van der Waals surface area (Å²) in [6.07, 6.45) is 35.5. The van der Waals surface area contributed by atoms with Crippen LogP contribution in [-0.4, -0.2) is 0 Å². The third-order valence-corrected chi connectivity index (χ3v) is 5.67. The zero-order valence-corrected chi connectivity index (χ0v) is 14.2. The quantitative estimate of drug-likeness (QED) is 0.544. The summed E-state index contributed by atoms with van der Waals surface area (Å²) in [6.45, 7) is 0. The fraction of sp³-hybridized carbons (Fsp3) is 0.478. The highest BCUT2D eigenvalue weighted by atomic mass is 14.4. The molecular weight excluding hydrogens is 276 g/mol.